The highest BCUT2D eigenvalue weighted by Crippen LogP contribution is 2.66. The molecular formula is C19H29NO2. The Bertz CT molecular complexity index is 520. The molecule has 3 aliphatic carbocycles. The summed E-state index contributed by atoms with van der Waals surface area (Å²) in [6.45, 7) is 5.97. The van der Waals surface area contributed by atoms with Crippen molar-refractivity contribution >= 4 is 5.78 Å². The van der Waals surface area contributed by atoms with E-state index in [1.54, 1.807) is 0 Å². The Morgan fingerprint density at radius 1 is 1.18 bits per heavy atom. The quantitative estimate of drug-likeness (QED) is 0.747. The van der Waals surface area contributed by atoms with Gasteiger partial charge in [0.2, 0.25) is 0 Å². The summed E-state index contributed by atoms with van der Waals surface area (Å²) in [5.74, 6) is 3.56. The molecule has 0 aromatic carbocycles. The van der Waals surface area contributed by atoms with Gasteiger partial charge in [0.15, 0.2) is 0 Å². The molecule has 2 bridgehead atoms. The van der Waals surface area contributed by atoms with Crippen LogP contribution >= 0.6 is 0 Å². The predicted molar refractivity (Wildman–Crippen MR) is 84.2 cm³/mol. The number of ether oxygens (including phenoxy) is 1. The van der Waals surface area contributed by atoms with Gasteiger partial charge in [-0.25, -0.2) is 0 Å². The molecule has 0 aromatic heterocycles. The zero-order valence-corrected chi connectivity index (χ0v) is 13.9. The van der Waals surface area contributed by atoms with Gasteiger partial charge in [0.25, 0.3) is 0 Å². The highest BCUT2D eigenvalue weighted by atomic mass is 16.5. The van der Waals surface area contributed by atoms with Crippen molar-refractivity contribution in [2.45, 2.75) is 71.1 Å². The monoisotopic (exact) mass is 303 g/mol. The molecule has 3 heteroatoms. The molecule has 3 nitrogen and oxygen atoms in total. The van der Waals surface area contributed by atoms with Crippen molar-refractivity contribution in [3.8, 4) is 0 Å². The lowest BCUT2D eigenvalue weighted by Crippen LogP contribution is -2.58. The maximum absolute atomic E-state index is 12.1. The summed E-state index contributed by atoms with van der Waals surface area (Å²) in [5, 5.41) is 3.58. The first kappa shape index (κ1) is 14.0. The largest absolute Gasteiger partial charge is 0.358 e. The Labute approximate surface area is 133 Å². The summed E-state index contributed by atoms with van der Waals surface area (Å²) in [6.07, 6.45) is 8.95. The lowest BCUT2D eigenvalue weighted by molar-refractivity contribution is -0.190. The third-order valence-corrected chi connectivity index (χ3v) is 8.58. The topological polar surface area (TPSA) is 38.3 Å². The number of hydrogen-bond acceptors (Lipinski definition) is 3. The third kappa shape index (κ3) is 1.62. The standard InChI is InChI=1S/C19H29NO2/c1-18-6-5-14-13(15(18)8-12(21)9-18)4-3-11-7-17-20-10-16(22-17)19(11,14)2/h11,13-17,20H,3-10H2,1-2H3/t11-,13-,14+,15+,16?,17?,18-,19+/m1/s1. The fourth-order valence-corrected chi connectivity index (χ4v) is 7.42. The highest BCUT2D eigenvalue weighted by molar-refractivity contribution is 5.82. The Kier molecular flexibility index (Phi) is 2.77. The van der Waals surface area contributed by atoms with Crippen LogP contribution in [0.3, 0.4) is 0 Å². The van der Waals surface area contributed by atoms with Gasteiger partial charge in [-0.05, 0) is 61.2 Å². The van der Waals surface area contributed by atoms with E-state index in [-0.39, 0.29) is 0 Å². The van der Waals surface area contributed by atoms with Crippen LogP contribution in [0.5, 0.6) is 0 Å². The maximum atomic E-state index is 12.1. The summed E-state index contributed by atoms with van der Waals surface area (Å²) < 4.78 is 6.30. The molecular weight excluding hydrogens is 274 g/mol. The van der Waals surface area contributed by atoms with Crippen LogP contribution in [0.15, 0.2) is 0 Å². The molecule has 8 atom stereocenters. The zero-order valence-electron chi connectivity index (χ0n) is 13.9. The molecule has 2 saturated heterocycles. The van der Waals surface area contributed by atoms with E-state index in [0.717, 1.165) is 37.1 Å². The number of rotatable bonds is 0. The number of ketones is 1. The average Bonchev–Trinajstić information content (AvgIpc) is 3.02. The first-order valence-electron chi connectivity index (χ1n) is 9.41. The van der Waals surface area contributed by atoms with Crippen molar-refractivity contribution in [2.24, 2.45) is 34.5 Å². The van der Waals surface area contributed by atoms with Gasteiger partial charge in [-0.1, -0.05) is 13.8 Å². The molecule has 5 rings (SSSR count). The van der Waals surface area contributed by atoms with Gasteiger partial charge in [-0.2, -0.15) is 0 Å². The van der Waals surface area contributed by atoms with Crippen molar-refractivity contribution in [1.82, 2.24) is 5.32 Å². The van der Waals surface area contributed by atoms with Crippen molar-refractivity contribution in [3.63, 3.8) is 0 Å². The van der Waals surface area contributed by atoms with Crippen molar-refractivity contribution in [3.05, 3.63) is 0 Å². The molecule has 0 aromatic rings. The van der Waals surface area contributed by atoms with Crippen molar-refractivity contribution in [2.75, 3.05) is 6.54 Å². The first-order valence-corrected chi connectivity index (χ1v) is 9.41. The van der Waals surface area contributed by atoms with Crippen LogP contribution < -0.4 is 5.32 Å². The lowest BCUT2D eigenvalue weighted by atomic mass is 9.46. The summed E-state index contributed by atoms with van der Waals surface area (Å²) in [7, 11) is 0. The second-order valence-corrected chi connectivity index (χ2v) is 9.39. The summed E-state index contributed by atoms with van der Waals surface area (Å²) in [5.41, 5.74) is 0.656. The van der Waals surface area contributed by atoms with Gasteiger partial charge in [0.05, 0.1) is 6.10 Å². The first-order chi connectivity index (χ1) is 10.5. The molecule has 2 unspecified atom stereocenters. The molecule has 22 heavy (non-hydrogen) atoms. The Hall–Kier alpha value is -0.410. The molecule has 2 aliphatic heterocycles. The SMILES string of the molecule is C[C@]12CC[C@H]3[C@@H](CC[C@@H]4CC5NCC(O5)[C@@]43C)[C@@H]1CC(=O)C2. The van der Waals surface area contributed by atoms with Gasteiger partial charge < -0.3 is 4.74 Å². The van der Waals surface area contributed by atoms with Crippen LogP contribution in [0.2, 0.25) is 0 Å². The Morgan fingerprint density at radius 3 is 2.91 bits per heavy atom. The fraction of sp³-hybridized carbons (Fsp3) is 0.947. The summed E-state index contributed by atoms with van der Waals surface area (Å²) >= 11 is 0. The minimum absolute atomic E-state index is 0.313. The summed E-state index contributed by atoms with van der Waals surface area (Å²) in [6, 6.07) is 0. The van der Waals surface area contributed by atoms with E-state index in [1.165, 1.54) is 32.1 Å². The maximum Gasteiger partial charge on any atom is 0.133 e. The number of carbonyl (C=O) groups excluding carboxylic acids is 1. The van der Waals surface area contributed by atoms with E-state index >= 15 is 0 Å². The van der Waals surface area contributed by atoms with Crippen LogP contribution in [0, 0.1) is 34.5 Å². The number of fused-ring (bicyclic) bond motifs is 8. The lowest BCUT2D eigenvalue weighted by Gasteiger charge is -2.61. The van der Waals surface area contributed by atoms with Crippen LogP contribution in [0.1, 0.15) is 58.8 Å². The molecule has 5 aliphatic rings. The summed E-state index contributed by atoms with van der Waals surface area (Å²) in [4.78, 5) is 12.1. The van der Waals surface area contributed by atoms with Gasteiger partial charge in [0.1, 0.15) is 12.0 Å². The number of carbonyl (C=O) groups is 1. The normalized spacial score (nSPS) is 59.8. The van der Waals surface area contributed by atoms with Crippen LogP contribution in [0.4, 0.5) is 0 Å². The Morgan fingerprint density at radius 2 is 2.05 bits per heavy atom. The predicted octanol–water partition coefficient (Wildman–Crippen LogP) is 3.13. The van der Waals surface area contributed by atoms with E-state index < -0.39 is 0 Å². The molecule has 2 heterocycles. The van der Waals surface area contributed by atoms with Crippen molar-refractivity contribution < 1.29 is 9.53 Å². The second-order valence-electron chi connectivity index (χ2n) is 9.39. The average molecular weight is 303 g/mol. The molecule has 1 N–H and O–H groups in total. The van der Waals surface area contributed by atoms with Gasteiger partial charge in [-0.3, -0.25) is 10.1 Å². The van der Waals surface area contributed by atoms with Gasteiger partial charge >= 0.3 is 0 Å². The minimum atomic E-state index is 0.313. The smallest absolute Gasteiger partial charge is 0.133 e. The van der Waals surface area contributed by atoms with Crippen molar-refractivity contribution in [1.29, 1.82) is 0 Å². The Balaban J connectivity index is 1.51. The van der Waals surface area contributed by atoms with E-state index in [0.29, 0.717) is 34.9 Å². The van der Waals surface area contributed by atoms with Gasteiger partial charge in [-0.15, -0.1) is 0 Å². The van der Waals surface area contributed by atoms with Crippen LogP contribution in [0.25, 0.3) is 0 Å². The van der Waals surface area contributed by atoms with Crippen LogP contribution in [-0.2, 0) is 9.53 Å². The molecule has 122 valence electrons. The fourth-order valence-electron chi connectivity index (χ4n) is 7.42. The van der Waals surface area contributed by atoms with E-state index in [9.17, 15) is 4.79 Å². The number of nitrogens with one attached hydrogen (secondary N) is 1. The van der Waals surface area contributed by atoms with E-state index in [2.05, 4.69) is 19.2 Å². The van der Waals surface area contributed by atoms with E-state index in [1.807, 2.05) is 0 Å². The molecule has 0 spiro atoms. The van der Waals surface area contributed by atoms with Crippen LogP contribution in [-0.4, -0.2) is 24.7 Å². The molecule has 5 fully saturated rings. The minimum Gasteiger partial charge on any atom is -0.358 e. The molecule has 3 saturated carbocycles. The highest BCUT2D eigenvalue weighted by Gasteiger charge is 2.63. The van der Waals surface area contributed by atoms with E-state index in [4.69, 9.17) is 4.74 Å². The number of hydrogen-bond donors (Lipinski definition) is 1. The second kappa shape index (κ2) is 4.36. The zero-order chi connectivity index (χ0) is 15.1. The molecule has 0 amide bonds. The van der Waals surface area contributed by atoms with Gasteiger partial charge in [0, 0.05) is 24.8 Å². The molecule has 0 radical (unpaired) electrons. The third-order valence-electron chi connectivity index (χ3n) is 8.58. The number of Topliss-reactive ketones (excluding diaryl/α,β-unsaturated/α-hetero) is 1.